The second-order valence-corrected chi connectivity index (χ2v) is 7.22. The molecule has 3 amide bonds. The first kappa shape index (κ1) is 24.7. The van der Waals surface area contributed by atoms with Crippen molar-refractivity contribution in [1.82, 2.24) is 10.2 Å². The first-order valence-corrected chi connectivity index (χ1v) is 10.1. The molecule has 0 bridgehead atoms. The molecule has 0 fully saturated rings. The van der Waals surface area contributed by atoms with Gasteiger partial charge in [-0.3, -0.25) is 9.59 Å². The van der Waals surface area contributed by atoms with Crippen molar-refractivity contribution in [2.75, 3.05) is 0 Å². The Morgan fingerprint density at radius 3 is 2.12 bits per heavy atom. The molecule has 0 aliphatic heterocycles. The van der Waals surface area contributed by atoms with Crippen LogP contribution in [0.3, 0.4) is 0 Å². The van der Waals surface area contributed by atoms with Crippen LogP contribution in [-0.4, -0.2) is 41.1 Å². The van der Waals surface area contributed by atoms with Crippen molar-refractivity contribution in [1.29, 1.82) is 0 Å². The molecule has 2 atom stereocenters. The van der Waals surface area contributed by atoms with Crippen molar-refractivity contribution in [3.8, 4) is 0 Å². The number of ether oxygens (including phenoxy) is 1. The molecule has 0 aliphatic carbocycles. The lowest BCUT2D eigenvalue weighted by Crippen LogP contribution is -2.52. The van der Waals surface area contributed by atoms with E-state index in [2.05, 4.69) is 5.32 Å². The van der Waals surface area contributed by atoms with Crippen LogP contribution in [0, 0.1) is 0 Å². The molecule has 0 unspecified atom stereocenters. The van der Waals surface area contributed by atoms with Crippen molar-refractivity contribution >= 4 is 23.9 Å². The average Bonchev–Trinajstić information content (AvgIpc) is 2.80. The third-order valence-corrected chi connectivity index (χ3v) is 4.62. The van der Waals surface area contributed by atoms with Crippen LogP contribution in [0.15, 0.2) is 60.7 Å². The van der Waals surface area contributed by atoms with Gasteiger partial charge in [-0.1, -0.05) is 60.7 Å². The van der Waals surface area contributed by atoms with Gasteiger partial charge >= 0.3 is 18.0 Å². The van der Waals surface area contributed by atoms with Gasteiger partial charge in [0.15, 0.2) is 6.54 Å². The number of carbonyl (C=O) groups is 4. The summed E-state index contributed by atoms with van der Waals surface area (Å²) in [5.74, 6) is -2.40. The second kappa shape index (κ2) is 12.3. The van der Waals surface area contributed by atoms with Crippen molar-refractivity contribution in [3.05, 3.63) is 71.8 Å². The summed E-state index contributed by atoms with van der Waals surface area (Å²) in [6.45, 7) is 1.41. The van der Waals surface area contributed by atoms with Crippen molar-refractivity contribution in [2.45, 2.75) is 45.0 Å². The lowest BCUT2D eigenvalue weighted by atomic mass is 10.1. The zero-order chi connectivity index (χ0) is 23.5. The summed E-state index contributed by atoms with van der Waals surface area (Å²) in [7, 11) is 0. The van der Waals surface area contributed by atoms with Gasteiger partial charge in [-0.15, -0.1) is 0 Å². The van der Waals surface area contributed by atoms with Gasteiger partial charge in [0.05, 0.1) is 0 Å². The van der Waals surface area contributed by atoms with Crippen LogP contribution in [-0.2, 0) is 32.3 Å². The zero-order valence-electron chi connectivity index (χ0n) is 17.8. The third-order valence-electron chi connectivity index (χ3n) is 4.62. The molecule has 9 heteroatoms. The fourth-order valence-corrected chi connectivity index (χ4v) is 2.81. The fourth-order valence-electron chi connectivity index (χ4n) is 2.81. The minimum absolute atomic E-state index is 0.00788. The normalized spacial score (nSPS) is 12.6. The minimum atomic E-state index is -1.21. The largest absolute Gasteiger partial charge is 0.575 e. The van der Waals surface area contributed by atoms with Gasteiger partial charge in [-0.05, 0) is 18.9 Å². The number of nitrogens with two attached hydrogens (primary N) is 1. The summed E-state index contributed by atoms with van der Waals surface area (Å²) in [6, 6.07) is 15.7. The van der Waals surface area contributed by atoms with Gasteiger partial charge in [0, 0.05) is 16.9 Å². The Bertz CT molecular complexity index is 920. The number of nitrogens with zero attached hydrogens (tertiary/aromatic N) is 1. The van der Waals surface area contributed by atoms with E-state index in [0.29, 0.717) is 5.56 Å². The predicted molar refractivity (Wildman–Crippen MR) is 116 cm³/mol. The standard InChI is InChI=1S/C23H27N3O6/c1-16(25-20(27)13-12-19(24)22(29)30)21(28)26(14-17-8-4-2-5-9-17)23(31)32-15-18-10-6-3-7-11-18/h2-11,16,19H,12-15,24H2,1H3,(H,25,27)(H,29,30)/q+1/t16-,19-/m1/s1. The fraction of sp³-hybridized carbons (Fsp3) is 0.304. The molecule has 2 aromatic carbocycles. The maximum absolute atomic E-state index is 13.0. The number of hydrogen-bond donors (Lipinski definition) is 3. The predicted octanol–water partition coefficient (Wildman–Crippen LogP) is 1.89. The Labute approximate surface area is 186 Å². The van der Waals surface area contributed by atoms with Crippen LogP contribution in [0.4, 0.5) is 4.79 Å². The Balaban J connectivity index is 2.04. The highest BCUT2D eigenvalue weighted by molar-refractivity contribution is 5.99. The van der Waals surface area contributed by atoms with Crippen LogP contribution in [0.25, 0.3) is 0 Å². The van der Waals surface area contributed by atoms with E-state index in [1.165, 1.54) is 6.92 Å². The van der Waals surface area contributed by atoms with Crippen LogP contribution < -0.4 is 16.0 Å². The molecule has 0 spiro atoms. The summed E-state index contributed by atoms with van der Waals surface area (Å²) in [5.41, 5.74) is 6.87. The number of carboxylic acid groups (broad SMARTS) is 1. The molecule has 0 saturated carbocycles. The van der Waals surface area contributed by atoms with E-state index in [9.17, 15) is 19.2 Å². The Kier molecular flexibility index (Phi) is 9.52. The molecule has 2 rings (SSSR count). The van der Waals surface area contributed by atoms with Crippen molar-refractivity contribution in [3.63, 3.8) is 0 Å². The van der Waals surface area contributed by atoms with E-state index < -0.39 is 36.0 Å². The Hall–Kier alpha value is -3.56. The molecule has 9 nitrogen and oxygen atoms in total. The van der Waals surface area contributed by atoms with Gasteiger partial charge in [0.1, 0.15) is 18.7 Å². The maximum atomic E-state index is 13.0. The van der Waals surface area contributed by atoms with Gasteiger partial charge in [0.2, 0.25) is 5.91 Å². The monoisotopic (exact) mass is 441 g/mol. The molecule has 2 aromatic rings. The Morgan fingerprint density at radius 2 is 1.56 bits per heavy atom. The zero-order valence-corrected chi connectivity index (χ0v) is 17.8. The molecule has 1 radical (unpaired) electrons. The van der Waals surface area contributed by atoms with E-state index in [4.69, 9.17) is 15.6 Å². The number of benzene rings is 2. The summed E-state index contributed by atoms with van der Waals surface area (Å²) in [4.78, 5) is 49.5. The van der Waals surface area contributed by atoms with E-state index in [0.717, 1.165) is 10.5 Å². The van der Waals surface area contributed by atoms with Gasteiger partial charge in [0.25, 0.3) is 0 Å². The summed E-state index contributed by atoms with van der Waals surface area (Å²) >= 11 is 0. The SMILES string of the molecule is C[C@@H](NC(=O)CC[C@@H](N)C(=O)O)C(=O)[N+](Cc1ccccc1)C(=O)OCc1ccccc1. The van der Waals surface area contributed by atoms with E-state index in [1.54, 1.807) is 36.4 Å². The molecular formula is C23H27N3O6+. The smallest absolute Gasteiger partial charge is 0.480 e. The lowest BCUT2D eigenvalue weighted by molar-refractivity contribution is -0.139. The number of nitrogens with one attached hydrogen (secondary N) is 1. The molecule has 4 N–H and O–H groups in total. The Morgan fingerprint density at radius 1 is 1.00 bits per heavy atom. The van der Waals surface area contributed by atoms with E-state index in [1.807, 2.05) is 24.3 Å². The number of rotatable bonds is 10. The summed E-state index contributed by atoms with van der Waals surface area (Å²) < 4.78 is 5.32. The molecule has 169 valence electrons. The minimum Gasteiger partial charge on any atom is -0.480 e. The van der Waals surface area contributed by atoms with E-state index >= 15 is 0 Å². The number of aliphatic carboxylic acids is 1. The van der Waals surface area contributed by atoms with Crippen LogP contribution in [0.5, 0.6) is 0 Å². The molecule has 0 aliphatic rings. The highest BCUT2D eigenvalue weighted by Crippen LogP contribution is 2.09. The maximum Gasteiger partial charge on any atom is 0.575 e. The summed E-state index contributed by atoms with van der Waals surface area (Å²) in [5, 5.41) is 11.3. The van der Waals surface area contributed by atoms with Crippen LogP contribution in [0.2, 0.25) is 0 Å². The van der Waals surface area contributed by atoms with Crippen molar-refractivity contribution in [2.24, 2.45) is 5.73 Å². The number of carbonyl (C=O) groups excluding carboxylic acids is 3. The topological polar surface area (TPSA) is 142 Å². The first-order chi connectivity index (χ1) is 15.3. The third kappa shape index (κ3) is 7.93. The molecule has 0 saturated heterocycles. The van der Waals surface area contributed by atoms with Crippen molar-refractivity contribution < 1.29 is 29.0 Å². The molecule has 32 heavy (non-hydrogen) atoms. The second-order valence-electron chi connectivity index (χ2n) is 7.22. The van der Waals surface area contributed by atoms with Gasteiger partial charge in [-0.2, -0.15) is 4.79 Å². The molecule has 0 heterocycles. The first-order valence-electron chi connectivity index (χ1n) is 10.1. The van der Waals surface area contributed by atoms with Crippen LogP contribution >= 0.6 is 0 Å². The number of imide groups is 1. The lowest BCUT2D eigenvalue weighted by Gasteiger charge is -2.14. The number of amides is 3. The van der Waals surface area contributed by atoms with Gasteiger partial charge in [-0.25, -0.2) is 4.79 Å². The average molecular weight is 441 g/mol. The summed E-state index contributed by atoms with van der Waals surface area (Å²) in [6.07, 6.45) is -1.08. The van der Waals surface area contributed by atoms with Crippen LogP contribution in [0.1, 0.15) is 30.9 Å². The molecule has 0 aromatic heterocycles. The van der Waals surface area contributed by atoms with Gasteiger partial charge < -0.3 is 20.9 Å². The highest BCUT2D eigenvalue weighted by Gasteiger charge is 2.41. The highest BCUT2D eigenvalue weighted by atomic mass is 16.6. The van der Waals surface area contributed by atoms with E-state index in [-0.39, 0.29) is 26.0 Å². The quantitative estimate of drug-likeness (QED) is 0.478. The molecular weight excluding hydrogens is 414 g/mol. The number of carboxylic acids is 1. The number of hydrogen-bond acceptors (Lipinski definition) is 6.